The van der Waals surface area contributed by atoms with Gasteiger partial charge >= 0.3 is 0 Å². The smallest absolute Gasteiger partial charge is 0.228 e. The molecule has 0 aromatic carbocycles. The van der Waals surface area contributed by atoms with E-state index in [1.807, 2.05) is 0 Å². The van der Waals surface area contributed by atoms with Crippen LogP contribution in [0.15, 0.2) is 4.34 Å². The zero-order valence-electron chi connectivity index (χ0n) is 11.4. The van der Waals surface area contributed by atoms with Crippen LogP contribution in [0.1, 0.15) is 26.1 Å². The zero-order chi connectivity index (χ0) is 14.5. The molecule has 0 bridgehead atoms. The van der Waals surface area contributed by atoms with E-state index < -0.39 is 0 Å². The van der Waals surface area contributed by atoms with Gasteiger partial charge in [-0.15, -0.1) is 15.3 Å². The summed E-state index contributed by atoms with van der Waals surface area (Å²) in [5.41, 5.74) is 0. The normalized spacial score (nSPS) is 11.0. The summed E-state index contributed by atoms with van der Waals surface area (Å²) < 4.78 is 2.44. The number of tetrazole rings is 1. The third-order valence-corrected chi connectivity index (χ3v) is 4.18. The minimum atomic E-state index is -0.128. The molecule has 0 unspecified atom stereocenters. The van der Waals surface area contributed by atoms with Crippen LogP contribution in [0.4, 0.5) is 5.13 Å². The van der Waals surface area contributed by atoms with E-state index >= 15 is 0 Å². The number of aryl methyl sites for hydroxylation is 2. The molecule has 0 saturated heterocycles. The molecule has 0 spiro atoms. The summed E-state index contributed by atoms with van der Waals surface area (Å²) in [6.07, 6.45) is 0.290. The maximum Gasteiger partial charge on any atom is 0.228 e. The quantitative estimate of drug-likeness (QED) is 0.635. The van der Waals surface area contributed by atoms with Crippen LogP contribution in [-0.4, -0.2) is 41.6 Å². The molecule has 20 heavy (non-hydrogen) atoms. The fraction of sp³-hybridized carbons (Fsp3) is 0.600. The highest BCUT2D eigenvalue weighted by atomic mass is 32.2. The number of thioether (sulfide) groups is 1. The van der Waals surface area contributed by atoms with E-state index in [-0.39, 0.29) is 12.3 Å². The number of amides is 1. The summed E-state index contributed by atoms with van der Waals surface area (Å²) >= 11 is 3.00. The highest BCUT2D eigenvalue weighted by molar-refractivity contribution is 8.01. The molecule has 8 nitrogen and oxygen atoms in total. The molecule has 10 heteroatoms. The second-order valence-corrected chi connectivity index (χ2v) is 7.09. The molecule has 0 aliphatic carbocycles. The SMILES string of the molecule is Cc1nnnn1CCC(=O)Nc1nnc(SC(C)C)s1. The predicted molar refractivity (Wildman–Crippen MR) is 76.7 cm³/mol. The van der Waals surface area contributed by atoms with Gasteiger partial charge in [0.1, 0.15) is 5.82 Å². The molecule has 2 aromatic heterocycles. The van der Waals surface area contributed by atoms with Crippen LogP contribution >= 0.6 is 23.1 Å². The molecule has 108 valence electrons. The van der Waals surface area contributed by atoms with Gasteiger partial charge in [0, 0.05) is 11.7 Å². The Kier molecular flexibility index (Phi) is 5.01. The van der Waals surface area contributed by atoms with Crippen LogP contribution in [-0.2, 0) is 11.3 Å². The number of nitrogens with zero attached hydrogens (tertiary/aromatic N) is 6. The van der Waals surface area contributed by atoms with Crippen molar-refractivity contribution in [2.45, 2.75) is 43.3 Å². The van der Waals surface area contributed by atoms with Crippen LogP contribution in [0.5, 0.6) is 0 Å². The highest BCUT2D eigenvalue weighted by Gasteiger charge is 2.10. The van der Waals surface area contributed by atoms with Gasteiger partial charge in [0.25, 0.3) is 0 Å². The van der Waals surface area contributed by atoms with Gasteiger partial charge in [-0.3, -0.25) is 4.79 Å². The van der Waals surface area contributed by atoms with Gasteiger partial charge in [-0.25, -0.2) is 4.68 Å². The fourth-order valence-electron chi connectivity index (χ4n) is 1.35. The molecule has 1 N–H and O–H groups in total. The molecular weight excluding hydrogens is 298 g/mol. The highest BCUT2D eigenvalue weighted by Crippen LogP contribution is 2.28. The zero-order valence-corrected chi connectivity index (χ0v) is 13.0. The van der Waals surface area contributed by atoms with Crippen molar-refractivity contribution in [2.75, 3.05) is 5.32 Å². The lowest BCUT2D eigenvalue weighted by atomic mass is 10.4. The third-order valence-electron chi connectivity index (χ3n) is 2.25. The summed E-state index contributed by atoms with van der Waals surface area (Å²) in [7, 11) is 0. The van der Waals surface area contributed by atoms with E-state index in [9.17, 15) is 4.79 Å². The lowest BCUT2D eigenvalue weighted by Crippen LogP contribution is -2.15. The third kappa shape index (κ3) is 4.23. The Morgan fingerprint density at radius 1 is 1.40 bits per heavy atom. The van der Waals surface area contributed by atoms with Gasteiger partial charge in [0.2, 0.25) is 11.0 Å². The maximum atomic E-state index is 11.8. The Bertz CT molecular complexity index is 580. The predicted octanol–water partition coefficient (Wildman–Crippen LogP) is 1.36. The van der Waals surface area contributed by atoms with E-state index in [0.29, 0.717) is 22.8 Å². The Morgan fingerprint density at radius 2 is 2.20 bits per heavy atom. The van der Waals surface area contributed by atoms with E-state index in [0.717, 1.165) is 4.34 Å². The van der Waals surface area contributed by atoms with Gasteiger partial charge in [0.05, 0.1) is 6.54 Å². The van der Waals surface area contributed by atoms with Crippen LogP contribution in [0.2, 0.25) is 0 Å². The first-order valence-electron chi connectivity index (χ1n) is 6.07. The fourth-order valence-corrected chi connectivity index (χ4v) is 3.35. The minimum Gasteiger partial charge on any atom is -0.300 e. The molecule has 0 aliphatic rings. The van der Waals surface area contributed by atoms with Gasteiger partial charge in [-0.05, 0) is 17.4 Å². The molecule has 1 amide bonds. The molecule has 2 rings (SSSR count). The molecule has 0 radical (unpaired) electrons. The Labute approximate surface area is 124 Å². The topological polar surface area (TPSA) is 98.5 Å². The van der Waals surface area contributed by atoms with Crippen molar-refractivity contribution in [2.24, 2.45) is 0 Å². The maximum absolute atomic E-state index is 11.8. The van der Waals surface area contributed by atoms with Crippen LogP contribution in [0, 0.1) is 6.92 Å². The van der Waals surface area contributed by atoms with Crippen molar-refractivity contribution in [1.82, 2.24) is 30.4 Å². The summed E-state index contributed by atoms with van der Waals surface area (Å²) in [5, 5.41) is 22.7. The van der Waals surface area contributed by atoms with Crippen molar-refractivity contribution in [3.05, 3.63) is 5.82 Å². The van der Waals surface area contributed by atoms with Gasteiger partial charge in [0.15, 0.2) is 4.34 Å². The van der Waals surface area contributed by atoms with Gasteiger partial charge < -0.3 is 5.32 Å². The van der Waals surface area contributed by atoms with Crippen molar-refractivity contribution >= 4 is 34.1 Å². The lowest BCUT2D eigenvalue weighted by molar-refractivity contribution is -0.116. The number of rotatable bonds is 6. The first-order chi connectivity index (χ1) is 9.54. The van der Waals surface area contributed by atoms with E-state index in [4.69, 9.17) is 0 Å². The standard InChI is InChI=1S/C10H15N7OS2/c1-6(2)19-10-14-13-9(20-10)11-8(18)4-5-17-7(3)12-15-16-17/h6H,4-5H2,1-3H3,(H,11,13,18). The second-order valence-electron chi connectivity index (χ2n) is 4.29. The number of nitrogens with one attached hydrogen (secondary N) is 1. The molecule has 0 saturated carbocycles. The Hall–Kier alpha value is -1.55. The van der Waals surface area contributed by atoms with E-state index in [1.54, 1.807) is 23.4 Å². The first-order valence-corrected chi connectivity index (χ1v) is 7.77. The number of carbonyl (C=O) groups is 1. The monoisotopic (exact) mass is 313 g/mol. The first kappa shape index (κ1) is 14.9. The average Bonchev–Trinajstić information content (AvgIpc) is 2.96. The van der Waals surface area contributed by atoms with Gasteiger partial charge in [-0.2, -0.15) is 0 Å². The molecule has 0 fully saturated rings. The summed E-state index contributed by atoms with van der Waals surface area (Å²) in [6.45, 7) is 6.40. The van der Waals surface area contributed by atoms with E-state index in [1.165, 1.54) is 11.3 Å². The second kappa shape index (κ2) is 6.75. The molecule has 2 heterocycles. The van der Waals surface area contributed by atoms with Gasteiger partial charge in [-0.1, -0.05) is 36.9 Å². The summed E-state index contributed by atoms with van der Waals surface area (Å²) in [5.74, 6) is 0.557. The summed E-state index contributed by atoms with van der Waals surface area (Å²) in [6, 6.07) is 0. The largest absolute Gasteiger partial charge is 0.300 e. The number of hydrogen-bond donors (Lipinski definition) is 1. The molecule has 0 atom stereocenters. The molecule has 0 aliphatic heterocycles. The number of hydrogen-bond acceptors (Lipinski definition) is 8. The Morgan fingerprint density at radius 3 is 2.85 bits per heavy atom. The summed E-state index contributed by atoms with van der Waals surface area (Å²) in [4.78, 5) is 11.8. The van der Waals surface area contributed by atoms with Crippen LogP contribution in [0.25, 0.3) is 0 Å². The minimum absolute atomic E-state index is 0.128. The Balaban J connectivity index is 1.82. The average molecular weight is 313 g/mol. The van der Waals surface area contributed by atoms with Crippen molar-refractivity contribution < 1.29 is 4.79 Å². The lowest BCUT2D eigenvalue weighted by Gasteiger charge is -2.01. The molecular formula is C10H15N7OS2. The van der Waals surface area contributed by atoms with E-state index in [2.05, 4.69) is 44.9 Å². The van der Waals surface area contributed by atoms with Crippen molar-refractivity contribution in [3.63, 3.8) is 0 Å². The van der Waals surface area contributed by atoms with Crippen molar-refractivity contribution in [1.29, 1.82) is 0 Å². The van der Waals surface area contributed by atoms with Crippen LogP contribution < -0.4 is 5.32 Å². The number of anilines is 1. The number of carbonyl (C=O) groups excluding carboxylic acids is 1. The molecule has 2 aromatic rings. The van der Waals surface area contributed by atoms with Crippen molar-refractivity contribution in [3.8, 4) is 0 Å². The van der Waals surface area contributed by atoms with Crippen LogP contribution in [0.3, 0.4) is 0 Å². The number of aromatic nitrogens is 6.